The number of allylic oxidation sites excluding steroid dienone is 24. The average molecular weight is 1060 g/mol. The van der Waals surface area contributed by atoms with E-state index in [0.29, 0.717) is 19.3 Å². The Balaban J connectivity index is 4.47. The molecular weight excluding hydrogens is 949 g/mol. The van der Waals surface area contributed by atoms with Crippen LogP contribution in [0.25, 0.3) is 0 Å². The van der Waals surface area contributed by atoms with E-state index in [9.17, 15) is 14.4 Å². The maximum absolute atomic E-state index is 12.9. The Morgan fingerprint density at radius 3 is 0.883 bits per heavy atom. The summed E-state index contributed by atoms with van der Waals surface area (Å²) in [6.07, 6.45) is 91.4. The summed E-state index contributed by atoms with van der Waals surface area (Å²) < 4.78 is 16.8. The van der Waals surface area contributed by atoms with Crippen molar-refractivity contribution in [1.82, 2.24) is 0 Å². The topological polar surface area (TPSA) is 78.9 Å². The Hall–Kier alpha value is -4.71. The molecule has 0 aromatic carbocycles. The molecule has 0 N–H and O–H groups in total. The van der Waals surface area contributed by atoms with Gasteiger partial charge in [-0.1, -0.05) is 250 Å². The summed E-state index contributed by atoms with van der Waals surface area (Å²) in [5.74, 6) is -0.997. The van der Waals surface area contributed by atoms with Crippen molar-refractivity contribution < 1.29 is 28.6 Å². The number of unbranched alkanes of at least 4 members (excludes halogenated alkanes) is 20. The molecule has 0 aliphatic carbocycles. The van der Waals surface area contributed by atoms with E-state index in [2.05, 4.69) is 167 Å². The van der Waals surface area contributed by atoms with Crippen molar-refractivity contribution in [2.24, 2.45) is 0 Å². The Labute approximate surface area is 474 Å². The fraction of sp³-hybridized carbons (Fsp3) is 0.620. The molecule has 0 aliphatic heterocycles. The van der Waals surface area contributed by atoms with Gasteiger partial charge in [-0.25, -0.2) is 0 Å². The molecule has 0 saturated heterocycles. The van der Waals surface area contributed by atoms with E-state index < -0.39 is 6.10 Å². The molecule has 77 heavy (non-hydrogen) atoms. The fourth-order valence-corrected chi connectivity index (χ4v) is 8.11. The predicted octanol–water partition coefficient (Wildman–Crippen LogP) is 21.5. The highest BCUT2D eigenvalue weighted by Crippen LogP contribution is 2.13. The number of hydrogen-bond acceptors (Lipinski definition) is 6. The molecule has 1 atom stereocenters. The van der Waals surface area contributed by atoms with Gasteiger partial charge in [0.1, 0.15) is 13.2 Å². The quantitative estimate of drug-likeness (QED) is 0.0261. The van der Waals surface area contributed by atoms with Gasteiger partial charge in [-0.05, 0) is 141 Å². The third-order valence-electron chi connectivity index (χ3n) is 12.8. The third kappa shape index (κ3) is 62.0. The zero-order valence-corrected chi connectivity index (χ0v) is 49.7. The van der Waals surface area contributed by atoms with Gasteiger partial charge in [0, 0.05) is 19.3 Å². The number of carbonyl (C=O) groups is 3. The minimum Gasteiger partial charge on any atom is -0.462 e. The van der Waals surface area contributed by atoms with Crippen LogP contribution in [0.4, 0.5) is 0 Å². The van der Waals surface area contributed by atoms with Crippen molar-refractivity contribution in [2.45, 2.75) is 271 Å². The van der Waals surface area contributed by atoms with Gasteiger partial charge in [-0.15, -0.1) is 0 Å². The van der Waals surface area contributed by atoms with Crippen molar-refractivity contribution in [3.63, 3.8) is 0 Å². The Kier molecular flexibility index (Phi) is 59.9. The fourth-order valence-electron chi connectivity index (χ4n) is 8.11. The number of hydrogen-bond donors (Lipinski definition) is 0. The summed E-state index contributed by atoms with van der Waals surface area (Å²) in [7, 11) is 0. The summed E-state index contributed by atoms with van der Waals surface area (Å²) >= 11 is 0. The van der Waals surface area contributed by atoms with Gasteiger partial charge < -0.3 is 14.2 Å². The first kappa shape index (κ1) is 72.3. The second-order valence-corrected chi connectivity index (χ2v) is 20.2. The summed E-state index contributed by atoms with van der Waals surface area (Å²) in [6.45, 7) is 6.42. The zero-order chi connectivity index (χ0) is 55.7. The summed E-state index contributed by atoms with van der Waals surface area (Å²) in [5.41, 5.74) is 0. The number of carbonyl (C=O) groups excluding carboxylic acids is 3. The van der Waals surface area contributed by atoms with Crippen LogP contribution in [0, 0.1) is 0 Å². The van der Waals surface area contributed by atoms with Crippen molar-refractivity contribution in [2.75, 3.05) is 13.2 Å². The van der Waals surface area contributed by atoms with Crippen LogP contribution in [0.5, 0.6) is 0 Å². The molecular formula is C71H114O6. The van der Waals surface area contributed by atoms with Gasteiger partial charge in [0.2, 0.25) is 0 Å². The molecule has 6 heteroatoms. The zero-order valence-electron chi connectivity index (χ0n) is 49.7. The van der Waals surface area contributed by atoms with Crippen molar-refractivity contribution in [3.05, 3.63) is 146 Å². The number of ether oxygens (including phenoxy) is 3. The molecule has 0 amide bonds. The van der Waals surface area contributed by atoms with Crippen LogP contribution >= 0.6 is 0 Å². The second-order valence-electron chi connectivity index (χ2n) is 20.2. The van der Waals surface area contributed by atoms with Crippen LogP contribution in [0.15, 0.2) is 146 Å². The molecule has 0 rings (SSSR count). The molecule has 0 saturated carbocycles. The highest BCUT2D eigenvalue weighted by Gasteiger charge is 2.19. The highest BCUT2D eigenvalue weighted by molar-refractivity contribution is 5.71. The number of rotatable bonds is 55. The predicted molar refractivity (Wildman–Crippen MR) is 334 cm³/mol. The van der Waals surface area contributed by atoms with E-state index in [1.807, 2.05) is 0 Å². The standard InChI is InChI=1S/C71H114O6/c1-4-7-10-13-16-19-22-25-28-29-30-31-32-33-34-35-36-37-38-39-40-41-44-46-49-52-55-58-61-64-70(73)76-67-68(77-71(74)65-62-59-56-53-50-47-43-27-24-21-18-15-12-9-6-3)66-75-69(72)63-60-57-54-51-48-45-42-26-23-20-17-14-11-8-5-2/h7,10,16,18-19,21,25-28,30-31,33-34,36-37,39-40,42-44,46,52,55,68H,4-6,8-9,11-15,17,20,22-24,29,32,35,38,41,45,47-51,53-54,56-67H2,1-3H3/b10-7-,19-16-,21-18-,28-25-,31-30-,34-33-,37-36-,40-39-,42-26-,43-27-,46-44-,55-52-. The Bertz CT molecular complexity index is 1700. The van der Waals surface area contributed by atoms with E-state index in [-0.39, 0.29) is 37.5 Å². The Morgan fingerprint density at radius 2 is 0.519 bits per heavy atom. The first-order valence-corrected chi connectivity index (χ1v) is 31.3. The van der Waals surface area contributed by atoms with Gasteiger partial charge in [0.25, 0.3) is 0 Å². The van der Waals surface area contributed by atoms with Crippen LogP contribution in [-0.4, -0.2) is 37.2 Å². The van der Waals surface area contributed by atoms with Gasteiger partial charge in [0.05, 0.1) is 0 Å². The number of esters is 3. The van der Waals surface area contributed by atoms with Crippen LogP contribution in [0.2, 0.25) is 0 Å². The molecule has 6 nitrogen and oxygen atoms in total. The molecule has 1 unspecified atom stereocenters. The van der Waals surface area contributed by atoms with E-state index in [4.69, 9.17) is 14.2 Å². The molecule has 0 spiro atoms. The van der Waals surface area contributed by atoms with Crippen LogP contribution < -0.4 is 0 Å². The lowest BCUT2D eigenvalue weighted by Crippen LogP contribution is -2.30. The van der Waals surface area contributed by atoms with E-state index >= 15 is 0 Å². The van der Waals surface area contributed by atoms with E-state index in [1.165, 1.54) is 77.0 Å². The summed E-state index contributed by atoms with van der Waals surface area (Å²) in [6, 6.07) is 0. The maximum Gasteiger partial charge on any atom is 0.306 e. The van der Waals surface area contributed by atoms with E-state index in [0.717, 1.165) is 141 Å². The highest BCUT2D eigenvalue weighted by atomic mass is 16.6. The molecule has 0 radical (unpaired) electrons. The van der Waals surface area contributed by atoms with Crippen molar-refractivity contribution in [3.8, 4) is 0 Å². The normalized spacial score (nSPS) is 13.1. The molecule has 0 fully saturated rings. The molecule has 0 aliphatic rings. The first-order chi connectivity index (χ1) is 38.0. The SMILES string of the molecule is CC/C=C\C/C=C\C/C=C\C/C=C\C/C=C\C/C=C\C/C=C\C/C=C\C/C=C\CCCC(=O)OCC(COC(=O)CCCCCCC/C=C\CCCCCCCC)OC(=O)CCCCCCC/C=C\C/C=C\CCCCC. The third-order valence-corrected chi connectivity index (χ3v) is 12.8. The molecule has 0 aromatic rings. The van der Waals surface area contributed by atoms with Gasteiger partial charge >= 0.3 is 17.9 Å². The lowest BCUT2D eigenvalue weighted by Gasteiger charge is -2.18. The van der Waals surface area contributed by atoms with Gasteiger partial charge in [-0.2, -0.15) is 0 Å². The van der Waals surface area contributed by atoms with Gasteiger partial charge in [0.15, 0.2) is 6.10 Å². The van der Waals surface area contributed by atoms with Crippen LogP contribution in [0.3, 0.4) is 0 Å². The van der Waals surface area contributed by atoms with Crippen LogP contribution in [-0.2, 0) is 28.6 Å². The Morgan fingerprint density at radius 1 is 0.273 bits per heavy atom. The maximum atomic E-state index is 12.9. The lowest BCUT2D eigenvalue weighted by atomic mass is 10.1. The first-order valence-electron chi connectivity index (χ1n) is 31.3. The second kappa shape index (κ2) is 63.8. The van der Waals surface area contributed by atoms with Crippen molar-refractivity contribution in [1.29, 1.82) is 0 Å². The molecule has 0 heterocycles. The smallest absolute Gasteiger partial charge is 0.306 e. The lowest BCUT2D eigenvalue weighted by molar-refractivity contribution is -0.167. The van der Waals surface area contributed by atoms with Crippen LogP contribution in [0.1, 0.15) is 265 Å². The average Bonchev–Trinajstić information content (AvgIpc) is 3.43. The molecule has 0 aromatic heterocycles. The molecule has 0 bridgehead atoms. The minimum absolute atomic E-state index is 0.110. The van der Waals surface area contributed by atoms with E-state index in [1.54, 1.807) is 0 Å². The summed E-state index contributed by atoms with van der Waals surface area (Å²) in [4.78, 5) is 38.2. The minimum atomic E-state index is -0.819. The van der Waals surface area contributed by atoms with Crippen molar-refractivity contribution >= 4 is 17.9 Å². The monoisotopic (exact) mass is 1060 g/mol. The molecule has 434 valence electrons. The summed E-state index contributed by atoms with van der Waals surface area (Å²) in [5, 5.41) is 0. The largest absolute Gasteiger partial charge is 0.462 e. The van der Waals surface area contributed by atoms with Gasteiger partial charge in [-0.3, -0.25) is 14.4 Å².